The van der Waals surface area contributed by atoms with Gasteiger partial charge in [-0.25, -0.2) is 9.78 Å². The van der Waals surface area contributed by atoms with Gasteiger partial charge in [0.2, 0.25) is 0 Å². The third-order valence-electron chi connectivity index (χ3n) is 1.72. The molecule has 3 nitrogen and oxygen atoms in total. The number of carbonyl (C=O) groups is 1. The summed E-state index contributed by atoms with van der Waals surface area (Å²) in [5.41, 5.74) is 1.20. The van der Waals surface area contributed by atoms with Crippen LogP contribution in [-0.2, 0) is 0 Å². The second-order valence-corrected chi connectivity index (χ2v) is 4.73. The van der Waals surface area contributed by atoms with Crippen molar-refractivity contribution < 1.29 is 9.90 Å². The van der Waals surface area contributed by atoms with Crippen molar-refractivity contribution in [3.8, 4) is 10.6 Å². The van der Waals surface area contributed by atoms with Gasteiger partial charge in [0.15, 0.2) is 0 Å². The Kier molecular flexibility index (Phi) is 2.35. The smallest absolute Gasteiger partial charge is 0.336 e. The first-order chi connectivity index (χ1) is 6.66. The summed E-state index contributed by atoms with van der Waals surface area (Å²) in [6, 6.07) is 1.65. The predicted molar refractivity (Wildman–Crippen MR) is 57.1 cm³/mol. The highest BCUT2D eigenvalue weighted by Crippen LogP contribution is 2.28. The monoisotopic (exact) mass is 225 g/mol. The minimum Gasteiger partial charge on any atom is -0.478 e. The molecule has 0 aliphatic rings. The lowest BCUT2D eigenvalue weighted by Crippen LogP contribution is -1.91. The van der Waals surface area contributed by atoms with Crippen LogP contribution >= 0.6 is 22.7 Å². The molecule has 2 rings (SSSR count). The standard InChI is InChI=1S/C9H7NO2S2/c1-5-10-7(4-13-5)8-2-6(3-14-8)9(11)12/h2-4H,1H3,(H,11,12). The molecule has 0 amide bonds. The van der Waals surface area contributed by atoms with Crippen molar-refractivity contribution in [2.45, 2.75) is 6.92 Å². The number of thiophene rings is 1. The Balaban J connectivity index is 2.38. The number of hydrogen-bond donors (Lipinski definition) is 1. The Morgan fingerprint density at radius 3 is 2.71 bits per heavy atom. The molecule has 0 spiro atoms. The first kappa shape index (κ1) is 9.36. The van der Waals surface area contributed by atoms with Crippen molar-refractivity contribution in [2.75, 3.05) is 0 Å². The first-order valence-corrected chi connectivity index (χ1v) is 5.67. The van der Waals surface area contributed by atoms with Gasteiger partial charge in [-0.2, -0.15) is 0 Å². The van der Waals surface area contributed by atoms with Crippen molar-refractivity contribution in [3.05, 3.63) is 27.4 Å². The SMILES string of the molecule is Cc1nc(-c2cc(C(=O)O)cs2)cs1. The van der Waals surface area contributed by atoms with Crippen molar-refractivity contribution in [1.82, 2.24) is 4.98 Å². The summed E-state index contributed by atoms with van der Waals surface area (Å²) in [4.78, 5) is 15.8. The van der Waals surface area contributed by atoms with Crippen LogP contribution in [0.2, 0.25) is 0 Å². The fraction of sp³-hybridized carbons (Fsp3) is 0.111. The molecule has 0 radical (unpaired) electrons. The molecule has 2 aromatic rings. The van der Waals surface area contributed by atoms with Gasteiger partial charge < -0.3 is 5.11 Å². The van der Waals surface area contributed by atoms with E-state index in [1.807, 2.05) is 12.3 Å². The lowest BCUT2D eigenvalue weighted by Gasteiger charge is -1.86. The number of nitrogens with zero attached hydrogens (tertiary/aromatic N) is 1. The van der Waals surface area contributed by atoms with Crippen LogP contribution in [0.15, 0.2) is 16.8 Å². The van der Waals surface area contributed by atoms with Gasteiger partial charge in [-0.15, -0.1) is 22.7 Å². The van der Waals surface area contributed by atoms with Gasteiger partial charge >= 0.3 is 5.97 Å². The highest BCUT2D eigenvalue weighted by molar-refractivity contribution is 7.14. The lowest BCUT2D eigenvalue weighted by atomic mass is 10.3. The minimum atomic E-state index is -0.889. The van der Waals surface area contributed by atoms with E-state index in [1.54, 1.807) is 22.8 Å². The van der Waals surface area contributed by atoms with Crippen molar-refractivity contribution >= 4 is 28.6 Å². The van der Waals surface area contributed by atoms with Crippen LogP contribution in [0.4, 0.5) is 0 Å². The molecule has 0 saturated heterocycles. The summed E-state index contributed by atoms with van der Waals surface area (Å²) in [6.45, 7) is 1.93. The molecule has 0 aliphatic carbocycles. The summed E-state index contributed by atoms with van der Waals surface area (Å²) < 4.78 is 0. The van der Waals surface area contributed by atoms with Gasteiger partial charge in [-0.3, -0.25) is 0 Å². The van der Waals surface area contributed by atoms with Crippen LogP contribution in [-0.4, -0.2) is 16.1 Å². The molecule has 72 valence electrons. The second kappa shape index (κ2) is 3.51. The number of hydrogen-bond acceptors (Lipinski definition) is 4. The van der Waals surface area contributed by atoms with E-state index >= 15 is 0 Å². The molecular formula is C9H7NO2S2. The zero-order valence-electron chi connectivity index (χ0n) is 7.35. The van der Waals surface area contributed by atoms with E-state index in [1.165, 1.54) is 11.3 Å². The fourth-order valence-electron chi connectivity index (χ4n) is 1.06. The zero-order valence-corrected chi connectivity index (χ0v) is 8.98. The Morgan fingerprint density at radius 2 is 2.21 bits per heavy atom. The molecule has 14 heavy (non-hydrogen) atoms. The zero-order chi connectivity index (χ0) is 10.1. The summed E-state index contributed by atoms with van der Waals surface area (Å²) >= 11 is 2.97. The second-order valence-electron chi connectivity index (χ2n) is 2.76. The van der Waals surface area contributed by atoms with E-state index in [0.29, 0.717) is 5.56 Å². The Labute approximate surface area is 88.7 Å². The number of carboxylic acids is 1. The van der Waals surface area contributed by atoms with Gasteiger partial charge in [-0.1, -0.05) is 0 Å². The van der Waals surface area contributed by atoms with Gasteiger partial charge in [-0.05, 0) is 13.0 Å². The van der Waals surface area contributed by atoms with E-state index in [9.17, 15) is 4.79 Å². The van der Waals surface area contributed by atoms with Crippen molar-refractivity contribution in [1.29, 1.82) is 0 Å². The molecule has 2 aromatic heterocycles. The van der Waals surface area contributed by atoms with Gasteiger partial charge in [0.1, 0.15) is 0 Å². The average Bonchev–Trinajstić information content (AvgIpc) is 2.70. The van der Waals surface area contributed by atoms with Crippen LogP contribution in [0.25, 0.3) is 10.6 Å². The number of carboxylic acid groups (broad SMARTS) is 1. The predicted octanol–water partition coefficient (Wildman–Crippen LogP) is 2.88. The van der Waals surface area contributed by atoms with Crippen LogP contribution in [0, 0.1) is 6.92 Å². The van der Waals surface area contributed by atoms with Crippen LogP contribution in [0.3, 0.4) is 0 Å². The summed E-state index contributed by atoms with van der Waals surface area (Å²) in [7, 11) is 0. The van der Waals surface area contributed by atoms with E-state index < -0.39 is 5.97 Å². The van der Waals surface area contributed by atoms with Crippen molar-refractivity contribution in [2.24, 2.45) is 0 Å². The van der Waals surface area contributed by atoms with Gasteiger partial charge in [0.25, 0.3) is 0 Å². The number of aromatic nitrogens is 1. The van der Waals surface area contributed by atoms with Crippen LogP contribution in [0.5, 0.6) is 0 Å². The molecule has 0 aromatic carbocycles. The molecular weight excluding hydrogens is 218 g/mol. The highest BCUT2D eigenvalue weighted by atomic mass is 32.1. The molecule has 0 unspecified atom stereocenters. The van der Waals surface area contributed by atoms with Crippen LogP contribution in [0.1, 0.15) is 15.4 Å². The van der Waals surface area contributed by atoms with E-state index in [-0.39, 0.29) is 0 Å². The molecule has 1 N–H and O–H groups in total. The van der Waals surface area contributed by atoms with Crippen LogP contribution < -0.4 is 0 Å². The maximum atomic E-state index is 10.6. The van der Waals surface area contributed by atoms with Gasteiger partial charge in [0, 0.05) is 10.8 Å². The lowest BCUT2D eigenvalue weighted by molar-refractivity contribution is 0.0697. The highest BCUT2D eigenvalue weighted by Gasteiger charge is 2.09. The quantitative estimate of drug-likeness (QED) is 0.855. The normalized spacial score (nSPS) is 10.4. The first-order valence-electron chi connectivity index (χ1n) is 3.91. The number of thiazole rings is 1. The largest absolute Gasteiger partial charge is 0.478 e. The molecule has 0 bridgehead atoms. The Bertz CT molecular complexity index is 473. The Morgan fingerprint density at radius 1 is 1.43 bits per heavy atom. The molecule has 0 aliphatic heterocycles. The minimum absolute atomic E-state index is 0.329. The molecule has 0 atom stereocenters. The molecule has 0 saturated carbocycles. The molecule has 2 heterocycles. The topological polar surface area (TPSA) is 50.2 Å². The summed E-state index contributed by atoms with van der Waals surface area (Å²) in [6.07, 6.45) is 0. The maximum Gasteiger partial charge on any atom is 0.336 e. The number of rotatable bonds is 2. The average molecular weight is 225 g/mol. The fourth-order valence-corrected chi connectivity index (χ4v) is 2.59. The number of aromatic carboxylic acids is 1. The summed E-state index contributed by atoms with van der Waals surface area (Å²) in [5, 5.41) is 13.3. The molecule has 0 fully saturated rings. The summed E-state index contributed by atoms with van der Waals surface area (Å²) in [5.74, 6) is -0.889. The van der Waals surface area contributed by atoms with E-state index in [0.717, 1.165) is 15.6 Å². The van der Waals surface area contributed by atoms with E-state index in [2.05, 4.69) is 4.98 Å². The maximum absolute atomic E-state index is 10.6. The third-order valence-corrected chi connectivity index (χ3v) is 3.44. The van der Waals surface area contributed by atoms with Gasteiger partial charge in [0.05, 0.1) is 21.1 Å². The number of aryl methyl sites for hydroxylation is 1. The Hall–Kier alpha value is -1.20. The van der Waals surface area contributed by atoms with Crippen molar-refractivity contribution in [3.63, 3.8) is 0 Å². The van der Waals surface area contributed by atoms with E-state index in [4.69, 9.17) is 5.11 Å². The molecule has 5 heteroatoms. The third kappa shape index (κ3) is 1.69.